The largest absolute Gasteiger partial charge is 0.507 e. The van der Waals surface area contributed by atoms with Crippen LogP contribution < -0.4 is 11.0 Å². The van der Waals surface area contributed by atoms with E-state index < -0.39 is 17.3 Å². The number of aromatic amines is 1. The number of amides is 1. The van der Waals surface area contributed by atoms with E-state index in [1.54, 1.807) is 31.2 Å². The van der Waals surface area contributed by atoms with Crippen molar-refractivity contribution < 1.29 is 14.3 Å². The highest BCUT2D eigenvalue weighted by atomic mass is 19.1. The maximum absolute atomic E-state index is 13.4. The van der Waals surface area contributed by atoms with Gasteiger partial charge in [-0.3, -0.25) is 9.59 Å². The minimum atomic E-state index is -0.640. The number of benzene rings is 2. The Morgan fingerprint density at radius 3 is 2.73 bits per heavy atom. The Morgan fingerprint density at radius 1 is 1.27 bits per heavy atom. The Balaban J connectivity index is 1.95. The van der Waals surface area contributed by atoms with Crippen molar-refractivity contribution in [1.82, 2.24) is 15.6 Å². The van der Waals surface area contributed by atoms with Crippen molar-refractivity contribution in [2.45, 2.75) is 13.3 Å². The highest BCUT2D eigenvalue weighted by molar-refractivity contribution is 6.07. The predicted molar refractivity (Wildman–Crippen MR) is 94.7 cm³/mol. The molecule has 3 rings (SSSR count). The summed E-state index contributed by atoms with van der Waals surface area (Å²) >= 11 is 0. The third-order valence-electron chi connectivity index (χ3n) is 3.81. The molecule has 2 aromatic carbocycles. The third-order valence-corrected chi connectivity index (χ3v) is 3.81. The van der Waals surface area contributed by atoms with E-state index in [4.69, 9.17) is 0 Å². The third kappa shape index (κ3) is 3.30. The normalized spacial score (nSPS) is 11.5. The number of hydrogen-bond donors (Lipinski definition) is 3. The van der Waals surface area contributed by atoms with Gasteiger partial charge in [-0.25, -0.2) is 14.9 Å². The Morgan fingerprint density at radius 2 is 2.00 bits per heavy atom. The first-order valence-corrected chi connectivity index (χ1v) is 7.84. The topological polar surface area (TPSA) is 107 Å². The van der Waals surface area contributed by atoms with Crippen LogP contribution in [0.5, 0.6) is 5.75 Å². The van der Waals surface area contributed by atoms with Crippen molar-refractivity contribution in [2.75, 3.05) is 0 Å². The molecule has 0 aliphatic rings. The molecule has 1 heterocycles. The second-order valence-corrected chi connectivity index (χ2v) is 5.46. The van der Waals surface area contributed by atoms with E-state index in [9.17, 15) is 19.1 Å². The highest BCUT2D eigenvalue weighted by Crippen LogP contribution is 2.20. The van der Waals surface area contributed by atoms with Crippen LogP contribution in [0, 0.1) is 5.82 Å². The van der Waals surface area contributed by atoms with E-state index in [2.05, 4.69) is 20.7 Å². The number of halogens is 1. The molecule has 0 radical (unpaired) electrons. The minimum Gasteiger partial charge on any atom is -0.507 e. The molecule has 0 bridgehead atoms. The van der Waals surface area contributed by atoms with Crippen LogP contribution in [0.4, 0.5) is 4.39 Å². The molecule has 0 saturated heterocycles. The average Bonchev–Trinajstić information content (AvgIpc) is 2.65. The summed E-state index contributed by atoms with van der Waals surface area (Å²) in [6.07, 6.45) is 0.344. The van der Waals surface area contributed by atoms with Crippen molar-refractivity contribution in [3.8, 4) is 5.75 Å². The van der Waals surface area contributed by atoms with E-state index in [1.165, 1.54) is 6.07 Å². The first-order valence-electron chi connectivity index (χ1n) is 7.84. The summed E-state index contributed by atoms with van der Waals surface area (Å²) in [4.78, 5) is 24.2. The van der Waals surface area contributed by atoms with Gasteiger partial charge in [0.05, 0.1) is 11.1 Å². The van der Waals surface area contributed by atoms with E-state index in [1.807, 2.05) is 0 Å². The van der Waals surface area contributed by atoms with E-state index >= 15 is 0 Å². The number of H-pyrrole nitrogens is 1. The summed E-state index contributed by atoms with van der Waals surface area (Å²) in [7, 11) is 0. The SMILES string of the molecule is CC/C(=N\NC(=O)c1n[nH]c(=O)c2ccccc12)c1cc(F)ccc1O. The molecule has 0 atom stereocenters. The standard InChI is InChI=1S/C18H15FN4O3/c1-2-14(13-9-10(19)7-8-15(13)24)20-23-18(26)16-11-5-3-4-6-12(11)17(25)22-21-16/h3-9,24H,2H2,1H3,(H,22,25)(H,23,26)/b20-14+. The number of aromatic nitrogens is 2. The molecule has 0 fully saturated rings. The summed E-state index contributed by atoms with van der Waals surface area (Å²) in [5.74, 6) is -1.31. The number of nitrogens with one attached hydrogen (secondary N) is 2. The Labute approximate surface area is 147 Å². The molecule has 0 saturated carbocycles. The molecular formula is C18H15FN4O3. The van der Waals surface area contributed by atoms with Gasteiger partial charge in [-0.05, 0) is 30.7 Å². The van der Waals surface area contributed by atoms with E-state index in [0.717, 1.165) is 12.1 Å². The van der Waals surface area contributed by atoms with Crippen LogP contribution in [-0.2, 0) is 0 Å². The molecule has 0 aliphatic heterocycles. The van der Waals surface area contributed by atoms with Gasteiger partial charge in [-0.1, -0.05) is 25.1 Å². The molecule has 1 aromatic heterocycles. The van der Waals surface area contributed by atoms with Gasteiger partial charge in [0.2, 0.25) is 0 Å². The summed E-state index contributed by atoms with van der Waals surface area (Å²) in [5, 5.41) is 20.6. The lowest BCUT2D eigenvalue weighted by Crippen LogP contribution is -2.24. The summed E-state index contributed by atoms with van der Waals surface area (Å²) < 4.78 is 13.4. The van der Waals surface area contributed by atoms with E-state index in [-0.39, 0.29) is 17.0 Å². The van der Waals surface area contributed by atoms with E-state index in [0.29, 0.717) is 22.9 Å². The van der Waals surface area contributed by atoms with Crippen LogP contribution in [0.1, 0.15) is 29.4 Å². The number of carbonyl (C=O) groups is 1. The maximum Gasteiger partial charge on any atom is 0.292 e. The smallest absolute Gasteiger partial charge is 0.292 e. The zero-order valence-corrected chi connectivity index (χ0v) is 13.8. The number of nitrogens with zero attached hydrogens (tertiary/aromatic N) is 2. The zero-order chi connectivity index (χ0) is 18.7. The van der Waals surface area contributed by atoms with Gasteiger partial charge in [0.25, 0.3) is 11.5 Å². The van der Waals surface area contributed by atoms with Crippen molar-refractivity contribution >= 4 is 22.4 Å². The van der Waals surface area contributed by atoms with Gasteiger partial charge in [0.1, 0.15) is 11.6 Å². The lowest BCUT2D eigenvalue weighted by molar-refractivity contribution is 0.0950. The number of aromatic hydroxyl groups is 1. The summed E-state index contributed by atoms with van der Waals surface area (Å²) in [6.45, 7) is 1.75. The summed E-state index contributed by atoms with van der Waals surface area (Å²) in [5.41, 5.74) is 2.42. The molecular weight excluding hydrogens is 339 g/mol. The molecule has 3 N–H and O–H groups in total. The van der Waals surface area contributed by atoms with Gasteiger partial charge < -0.3 is 5.11 Å². The fraction of sp³-hybridized carbons (Fsp3) is 0.111. The molecule has 132 valence electrons. The molecule has 1 amide bonds. The first-order chi connectivity index (χ1) is 12.5. The van der Waals surface area contributed by atoms with Crippen molar-refractivity contribution in [3.63, 3.8) is 0 Å². The Hall–Kier alpha value is -3.55. The second kappa shape index (κ2) is 7.14. The molecule has 3 aromatic rings. The number of hydrogen-bond acceptors (Lipinski definition) is 5. The quantitative estimate of drug-likeness (QED) is 0.493. The number of carbonyl (C=O) groups excluding carboxylic acids is 1. The molecule has 8 heteroatoms. The second-order valence-electron chi connectivity index (χ2n) is 5.46. The molecule has 0 unspecified atom stereocenters. The van der Waals surface area contributed by atoms with Gasteiger partial charge >= 0.3 is 0 Å². The fourth-order valence-corrected chi connectivity index (χ4v) is 2.53. The molecule has 26 heavy (non-hydrogen) atoms. The van der Waals surface area contributed by atoms with Crippen LogP contribution in [0.25, 0.3) is 10.8 Å². The first kappa shape index (κ1) is 17.3. The fourth-order valence-electron chi connectivity index (χ4n) is 2.53. The van der Waals surface area contributed by atoms with Gasteiger partial charge in [0, 0.05) is 10.9 Å². The molecule has 0 spiro atoms. The molecule has 0 aliphatic carbocycles. The van der Waals surface area contributed by atoms with Crippen LogP contribution in [0.15, 0.2) is 52.4 Å². The van der Waals surface area contributed by atoms with Crippen molar-refractivity contribution in [1.29, 1.82) is 0 Å². The van der Waals surface area contributed by atoms with Gasteiger partial charge in [-0.15, -0.1) is 0 Å². The zero-order valence-electron chi connectivity index (χ0n) is 13.8. The number of phenols is 1. The lowest BCUT2D eigenvalue weighted by Gasteiger charge is -2.08. The van der Waals surface area contributed by atoms with Crippen LogP contribution in [-0.4, -0.2) is 26.9 Å². The highest BCUT2D eigenvalue weighted by Gasteiger charge is 2.15. The maximum atomic E-state index is 13.4. The average molecular weight is 354 g/mol. The number of phenolic OH excluding ortho intramolecular Hbond substituents is 1. The number of rotatable bonds is 4. The summed E-state index contributed by atoms with van der Waals surface area (Å²) in [6, 6.07) is 10.0. The van der Waals surface area contributed by atoms with Crippen LogP contribution >= 0.6 is 0 Å². The van der Waals surface area contributed by atoms with Crippen molar-refractivity contribution in [2.24, 2.45) is 5.10 Å². The van der Waals surface area contributed by atoms with Gasteiger partial charge in [0.15, 0.2) is 5.69 Å². The number of fused-ring (bicyclic) bond motifs is 1. The van der Waals surface area contributed by atoms with Gasteiger partial charge in [-0.2, -0.15) is 10.2 Å². The van der Waals surface area contributed by atoms with Crippen LogP contribution in [0.3, 0.4) is 0 Å². The van der Waals surface area contributed by atoms with Crippen LogP contribution in [0.2, 0.25) is 0 Å². The van der Waals surface area contributed by atoms with Crippen molar-refractivity contribution in [3.05, 3.63) is 69.9 Å². The molecule has 7 nitrogen and oxygen atoms in total. The predicted octanol–water partition coefficient (Wildman–Crippen LogP) is 2.31. The lowest BCUT2D eigenvalue weighted by atomic mass is 10.1. The number of hydrazone groups is 1. The monoisotopic (exact) mass is 354 g/mol. The Kier molecular flexibility index (Phi) is 4.74. The Bertz CT molecular complexity index is 1080. The minimum absolute atomic E-state index is 0.00265.